The molecule has 0 aliphatic rings. The molecule has 1 N–H and O–H groups in total. The van der Waals surface area contributed by atoms with Crippen LogP contribution in [0.2, 0.25) is 0 Å². The van der Waals surface area contributed by atoms with E-state index in [-0.39, 0.29) is 5.91 Å². The molecule has 4 aromatic rings. The van der Waals surface area contributed by atoms with Crippen LogP contribution in [0, 0.1) is 10.5 Å². The van der Waals surface area contributed by atoms with Gasteiger partial charge in [0, 0.05) is 32.6 Å². The van der Waals surface area contributed by atoms with Gasteiger partial charge < -0.3 is 5.32 Å². The minimum absolute atomic E-state index is 0.149. The first kappa shape index (κ1) is 17.6. The lowest BCUT2D eigenvalue weighted by Crippen LogP contribution is -2.13. The van der Waals surface area contributed by atoms with E-state index in [2.05, 4.69) is 32.9 Å². The third-order valence-corrected chi connectivity index (χ3v) is 5.08. The van der Waals surface area contributed by atoms with E-state index in [0.717, 1.165) is 37.0 Å². The van der Waals surface area contributed by atoms with E-state index in [9.17, 15) is 4.79 Å². The van der Waals surface area contributed by atoms with Gasteiger partial charge in [-0.15, -0.1) is 0 Å². The van der Waals surface area contributed by atoms with Crippen molar-refractivity contribution in [2.24, 2.45) is 0 Å². The van der Waals surface area contributed by atoms with Crippen molar-refractivity contribution in [3.05, 3.63) is 87.8 Å². The van der Waals surface area contributed by atoms with Gasteiger partial charge in [-0.2, -0.15) is 0 Å². The number of nitrogens with one attached hydrogen (secondary N) is 1. The highest BCUT2D eigenvalue weighted by molar-refractivity contribution is 14.1. The number of hydrogen-bond donors (Lipinski definition) is 1. The van der Waals surface area contributed by atoms with Crippen LogP contribution in [0.25, 0.3) is 22.2 Å². The summed E-state index contributed by atoms with van der Waals surface area (Å²) in [4.78, 5) is 21.9. The molecular weight excluding hydrogens is 449 g/mol. The number of aromatic nitrogens is 2. The standard InChI is InChI=1S/C22H16IN3O/c1-14-3-2-4-18-19(22(27)25-17-7-5-16(23)6-8-17)13-20(26-21(14)18)15-9-11-24-12-10-15/h2-13H,1H3,(H,25,27). The van der Waals surface area contributed by atoms with Gasteiger partial charge in [0.2, 0.25) is 0 Å². The molecule has 0 saturated carbocycles. The number of benzene rings is 2. The summed E-state index contributed by atoms with van der Waals surface area (Å²) in [6.45, 7) is 2.01. The van der Waals surface area contributed by atoms with Gasteiger partial charge in [-0.3, -0.25) is 9.78 Å². The van der Waals surface area contributed by atoms with Crippen LogP contribution in [-0.4, -0.2) is 15.9 Å². The Bertz CT molecular complexity index is 1130. The van der Waals surface area contributed by atoms with Crippen LogP contribution in [0.1, 0.15) is 15.9 Å². The third-order valence-electron chi connectivity index (χ3n) is 4.36. The molecule has 27 heavy (non-hydrogen) atoms. The number of halogens is 1. The molecule has 2 heterocycles. The SMILES string of the molecule is Cc1cccc2c(C(=O)Nc3ccc(I)cc3)cc(-c3ccncc3)nc12. The molecule has 0 spiro atoms. The Balaban J connectivity index is 1.84. The number of anilines is 1. The van der Waals surface area contributed by atoms with Gasteiger partial charge in [-0.25, -0.2) is 4.98 Å². The summed E-state index contributed by atoms with van der Waals surface area (Å²) < 4.78 is 1.12. The molecule has 5 heteroatoms. The first-order valence-electron chi connectivity index (χ1n) is 8.49. The Kier molecular flexibility index (Phi) is 4.85. The molecular formula is C22H16IN3O. The number of carbonyl (C=O) groups is 1. The average molecular weight is 465 g/mol. The molecule has 4 nitrogen and oxygen atoms in total. The van der Waals surface area contributed by atoms with Crippen LogP contribution < -0.4 is 5.32 Å². The number of para-hydroxylation sites is 1. The smallest absolute Gasteiger partial charge is 0.256 e. The van der Waals surface area contributed by atoms with Gasteiger partial charge in [0.05, 0.1) is 16.8 Å². The highest BCUT2D eigenvalue weighted by Gasteiger charge is 2.15. The summed E-state index contributed by atoms with van der Waals surface area (Å²) in [6.07, 6.45) is 3.45. The second-order valence-corrected chi connectivity index (χ2v) is 7.47. The number of amides is 1. The van der Waals surface area contributed by atoms with Crippen molar-refractivity contribution in [3.8, 4) is 11.3 Å². The number of nitrogens with zero attached hydrogens (tertiary/aromatic N) is 2. The maximum absolute atomic E-state index is 13.1. The third kappa shape index (κ3) is 3.68. The van der Waals surface area contributed by atoms with E-state index in [1.807, 2.05) is 67.6 Å². The van der Waals surface area contributed by atoms with E-state index in [1.165, 1.54) is 0 Å². The van der Waals surface area contributed by atoms with Crippen molar-refractivity contribution < 1.29 is 4.79 Å². The van der Waals surface area contributed by atoms with Gasteiger partial charge in [0.25, 0.3) is 5.91 Å². The molecule has 0 radical (unpaired) electrons. The van der Waals surface area contributed by atoms with Gasteiger partial charge >= 0.3 is 0 Å². The summed E-state index contributed by atoms with van der Waals surface area (Å²) in [5.41, 5.74) is 4.93. The molecule has 0 aliphatic carbocycles. The maximum atomic E-state index is 13.1. The minimum atomic E-state index is -0.149. The number of rotatable bonds is 3. The van der Waals surface area contributed by atoms with Crippen LogP contribution in [0.15, 0.2) is 73.1 Å². The Hall–Kier alpha value is -2.80. The highest BCUT2D eigenvalue weighted by Crippen LogP contribution is 2.27. The lowest BCUT2D eigenvalue weighted by molar-refractivity contribution is 0.102. The summed E-state index contributed by atoms with van der Waals surface area (Å²) in [7, 11) is 0. The van der Waals surface area contributed by atoms with Crippen molar-refractivity contribution in [2.45, 2.75) is 6.92 Å². The zero-order chi connectivity index (χ0) is 18.8. The summed E-state index contributed by atoms with van der Waals surface area (Å²) in [5, 5.41) is 3.84. The number of pyridine rings is 2. The molecule has 2 aromatic heterocycles. The molecule has 0 saturated heterocycles. The van der Waals surface area contributed by atoms with Crippen LogP contribution in [0.5, 0.6) is 0 Å². The first-order valence-corrected chi connectivity index (χ1v) is 9.57. The maximum Gasteiger partial charge on any atom is 0.256 e. The van der Waals surface area contributed by atoms with Crippen molar-refractivity contribution in [1.82, 2.24) is 9.97 Å². The van der Waals surface area contributed by atoms with E-state index in [1.54, 1.807) is 12.4 Å². The second kappa shape index (κ2) is 7.44. The Labute approximate surface area is 170 Å². The van der Waals surface area contributed by atoms with Crippen LogP contribution in [0.4, 0.5) is 5.69 Å². The molecule has 4 rings (SSSR count). The van der Waals surface area contributed by atoms with Crippen molar-refractivity contribution in [2.75, 3.05) is 5.32 Å². The fourth-order valence-electron chi connectivity index (χ4n) is 2.98. The van der Waals surface area contributed by atoms with E-state index in [0.29, 0.717) is 5.56 Å². The lowest BCUT2D eigenvalue weighted by atomic mass is 10.0. The largest absolute Gasteiger partial charge is 0.322 e. The molecule has 0 fully saturated rings. The van der Waals surface area contributed by atoms with Crippen LogP contribution >= 0.6 is 22.6 Å². The fourth-order valence-corrected chi connectivity index (χ4v) is 3.34. The van der Waals surface area contributed by atoms with Gasteiger partial charge in [-0.05, 0) is 77.5 Å². The highest BCUT2D eigenvalue weighted by atomic mass is 127. The molecule has 0 unspecified atom stereocenters. The zero-order valence-electron chi connectivity index (χ0n) is 14.6. The van der Waals surface area contributed by atoms with E-state index < -0.39 is 0 Å². The monoisotopic (exact) mass is 465 g/mol. The second-order valence-electron chi connectivity index (χ2n) is 6.22. The predicted octanol–water partition coefficient (Wildman–Crippen LogP) is 5.46. The average Bonchev–Trinajstić information content (AvgIpc) is 2.70. The Morgan fingerprint density at radius 3 is 2.48 bits per heavy atom. The molecule has 2 aromatic carbocycles. The summed E-state index contributed by atoms with van der Waals surface area (Å²) >= 11 is 2.24. The number of hydrogen-bond acceptors (Lipinski definition) is 3. The number of aryl methyl sites for hydroxylation is 1. The molecule has 1 amide bonds. The van der Waals surface area contributed by atoms with E-state index >= 15 is 0 Å². The Morgan fingerprint density at radius 2 is 1.74 bits per heavy atom. The van der Waals surface area contributed by atoms with Gasteiger partial charge in [0.1, 0.15) is 0 Å². The van der Waals surface area contributed by atoms with Gasteiger partial charge in [0.15, 0.2) is 0 Å². The van der Waals surface area contributed by atoms with E-state index in [4.69, 9.17) is 4.98 Å². The lowest BCUT2D eigenvalue weighted by Gasteiger charge is -2.12. The summed E-state index contributed by atoms with van der Waals surface area (Å²) in [6, 6.07) is 19.3. The quantitative estimate of drug-likeness (QED) is 0.409. The molecule has 0 bridgehead atoms. The number of carbonyl (C=O) groups excluding carboxylic acids is 1. The molecule has 0 aliphatic heterocycles. The summed E-state index contributed by atoms with van der Waals surface area (Å²) in [5.74, 6) is -0.149. The van der Waals surface area contributed by atoms with Crippen molar-refractivity contribution in [1.29, 1.82) is 0 Å². The van der Waals surface area contributed by atoms with Gasteiger partial charge in [-0.1, -0.05) is 18.2 Å². The fraction of sp³-hybridized carbons (Fsp3) is 0.0455. The normalized spacial score (nSPS) is 10.7. The number of fused-ring (bicyclic) bond motifs is 1. The van der Waals surface area contributed by atoms with Crippen LogP contribution in [0.3, 0.4) is 0 Å². The van der Waals surface area contributed by atoms with Crippen LogP contribution in [-0.2, 0) is 0 Å². The Morgan fingerprint density at radius 1 is 1.00 bits per heavy atom. The van der Waals surface area contributed by atoms with Crippen molar-refractivity contribution in [3.63, 3.8) is 0 Å². The topological polar surface area (TPSA) is 54.9 Å². The minimum Gasteiger partial charge on any atom is -0.322 e. The molecule has 0 atom stereocenters. The zero-order valence-corrected chi connectivity index (χ0v) is 16.8. The van der Waals surface area contributed by atoms with Crippen molar-refractivity contribution >= 4 is 45.1 Å². The predicted molar refractivity (Wildman–Crippen MR) is 117 cm³/mol. The molecule has 132 valence electrons. The first-order chi connectivity index (χ1) is 13.1.